The maximum absolute atomic E-state index is 13.0. The van der Waals surface area contributed by atoms with Crippen LogP contribution >= 0.6 is 0 Å². The van der Waals surface area contributed by atoms with Gasteiger partial charge in [-0.3, -0.25) is 9.69 Å². The number of hydrogen-bond donors (Lipinski definition) is 0. The number of halogens is 1. The Morgan fingerprint density at radius 1 is 1.35 bits per heavy atom. The summed E-state index contributed by atoms with van der Waals surface area (Å²) in [5, 5.41) is 0. The molecule has 1 aliphatic heterocycles. The molecular weight excluding hydrogens is 219 g/mol. The summed E-state index contributed by atoms with van der Waals surface area (Å²) < 4.78 is 13.0. The highest BCUT2D eigenvalue weighted by atomic mass is 19.1. The molecule has 1 aliphatic rings. The van der Waals surface area contributed by atoms with Crippen molar-refractivity contribution >= 4 is 5.91 Å². The van der Waals surface area contributed by atoms with Crippen molar-refractivity contribution < 1.29 is 9.18 Å². The first-order chi connectivity index (χ1) is 8.19. The highest BCUT2D eigenvalue weighted by molar-refractivity contribution is 5.79. The Balaban J connectivity index is 1.98. The number of carbonyl (C=O) groups is 1. The van der Waals surface area contributed by atoms with Crippen LogP contribution in [0.25, 0.3) is 0 Å². The quantitative estimate of drug-likeness (QED) is 0.794. The van der Waals surface area contributed by atoms with Gasteiger partial charge in [0.25, 0.3) is 0 Å². The average Bonchev–Trinajstić information content (AvgIpc) is 2.32. The molecule has 0 aliphatic carbocycles. The van der Waals surface area contributed by atoms with Crippen molar-refractivity contribution in [1.82, 2.24) is 9.80 Å². The predicted octanol–water partition coefficient (Wildman–Crippen LogP) is 1.49. The van der Waals surface area contributed by atoms with Crippen molar-refractivity contribution in [3.05, 3.63) is 35.6 Å². The van der Waals surface area contributed by atoms with Crippen LogP contribution < -0.4 is 0 Å². The van der Waals surface area contributed by atoms with Gasteiger partial charge in [-0.1, -0.05) is 19.1 Å². The maximum Gasteiger partial charge on any atom is 0.237 e. The summed E-state index contributed by atoms with van der Waals surface area (Å²) >= 11 is 0. The molecule has 0 saturated carbocycles. The van der Waals surface area contributed by atoms with E-state index in [1.807, 2.05) is 6.07 Å². The van der Waals surface area contributed by atoms with Gasteiger partial charge < -0.3 is 4.90 Å². The SMILES string of the molecule is CCN1CCN(Cc2cccc(F)c2)C(=O)C1. The lowest BCUT2D eigenvalue weighted by atomic mass is 10.2. The number of piperazine rings is 1. The van der Waals surface area contributed by atoms with E-state index in [0.717, 1.165) is 25.2 Å². The maximum atomic E-state index is 13.0. The third kappa shape index (κ3) is 3.03. The van der Waals surface area contributed by atoms with Crippen molar-refractivity contribution in [3.63, 3.8) is 0 Å². The molecule has 0 atom stereocenters. The van der Waals surface area contributed by atoms with Crippen molar-refractivity contribution in [2.24, 2.45) is 0 Å². The molecule has 92 valence electrons. The van der Waals surface area contributed by atoms with Gasteiger partial charge >= 0.3 is 0 Å². The topological polar surface area (TPSA) is 23.6 Å². The van der Waals surface area contributed by atoms with E-state index >= 15 is 0 Å². The van der Waals surface area contributed by atoms with Crippen LogP contribution in [0.15, 0.2) is 24.3 Å². The van der Waals surface area contributed by atoms with Crippen LogP contribution in [-0.2, 0) is 11.3 Å². The van der Waals surface area contributed by atoms with Crippen LogP contribution in [0.5, 0.6) is 0 Å². The minimum absolute atomic E-state index is 0.127. The summed E-state index contributed by atoms with van der Waals surface area (Å²) in [6.07, 6.45) is 0. The lowest BCUT2D eigenvalue weighted by Gasteiger charge is -2.33. The molecule has 1 aromatic carbocycles. The van der Waals surface area contributed by atoms with Gasteiger partial charge in [0, 0.05) is 19.6 Å². The third-order valence-electron chi connectivity index (χ3n) is 3.11. The lowest BCUT2D eigenvalue weighted by molar-refractivity contribution is -0.136. The molecule has 1 heterocycles. The molecule has 4 heteroatoms. The monoisotopic (exact) mass is 236 g/mol. The molecule has 0 bridgehead atoms. The van der Waals surface area contributed by atoms with Crippen LogP contribution in [0.4, 0.5) is 4.39 Å². The van der Waals surface area contributed by atoms with Gasteiger partial charge in [0.2, 0.25) is 5.91 Å². The second-order valence-electron chi connectivity index (χ2n) is 4.31. The van der Waals surface area contributed by atoms with Crippen LogP contribution in [-0.4, -0.2) is 41.9 Å². The molecule has 0 radical (unpaired) electrons. The number of likely N-dealkylation sites (N-methyl/N-ethyl adjacent to an activating group) is 1. The van der Waals surface area contributed by atoms with Gasteiger partial charge in [0.15, 0.2) is 0 Å². The van der Waals surface area contributed by atoms with Crippen molar-refractivity contribution in [2.75, 3.05) is 26.2 Å². The first kappa shape index (κ1) is 12.0. The highest BCUT2D eigenvalue weighted by Crippen LogP contribution is 2.10. The molecule has 3 nitrogen and oxygen atoms in total. The molecular formula is C13H17FN2O. The Hall–Kier alpha value is -1.42. The first-order valence-corrected chi connectivity index (χ1v) is 5.93. The largest absolute Gasteiger partial charge is 0.336 e. The van der Waals surface area contributed by atoms with E-state index in [2.05, 4.69) is 11.8 Å². The Labute approximate surface area is 101 Å². The number of benzene rings is 1. The van der Waals surface area contributed by atoms with Crippen LogP contribution in [0.1, 0.15) is 12.5 Å². The molecule has 0 spiro atoms. The fourth-order valence-corrected chi connectivity index (χ4v) is 2.05. The lowest BCUT2D eigenvalue weighted by Crippen LogP contribution is -2.49. The van der Waals surface area contributed by atoms with E-state index < -0.39 is 0 Å². The summed E-state index contributed by atoms with van der Waals surface area (Å²) in [7, 11) is 0. The summed E-state index contributed by atoms with van der Waals surface area (Å²) in [6.45, 7) is 5.57. The summed E-state index contributed by atoms with van der Waals surface area (Å²) in [4.78, 5) is 15.8. The van der Waals surface area contributed by atoms with Gasteiger partial charge in [0.1, 0.15) is 5.82 Å². The molecule has 0 aromatic heterocycles. The Kier molecular flexibility index (Phi) is 3.74. The van der Waals surface area contributed by atoms with Crippen molar-refractivity contribution in [1.29, 1.82) is 0 Å². The molecule has 1 fully saturated rings. The average molecular weight is 236 g/mol. The van der Waals surface area contributed by atoms with Crippen molar-refractivity contribution in [3.8, 4) is 0 Å². The fourth-order valence-electron chi connectivity index (χ4n) is 2.05. The summed E-state index contributed by atoms with van der Waals surface area (Å²) in [5.74, 6) is -0.121. The smallest absolute Gasteiger partial charge is 0.237 e. The van der Waals surface area contributed by atoms with Crippen molar-refractivity contribution in [2.45, 2.75) is 13.5 Å². The molecule has 17 heavy (non-hydrogen) atoms. The van der Waals surface area contributed by atoms with E-state index in [4.69, 9.17) is 0 Å². The molecule has 0 unspecified atom stereocenters. The second-order valence-corrected chi connectivity index (χ2v) is 4.31. The zero-order chi connectivity index (χ0) is 12.3. The Morgan fingerprint density at radius 2 is 2.18 bits per heavy atom. The van der Waals surface area contributed by atoms with Crippen LogP contribution in [0.2, 0.25) is 0 Å². The molecule has 2 rings (SSSR count). The van der Waals surface area contributed by atoms with Crippen LogP contribution in [0, 0.1) is 5.82 Å². The predicted molar refractivity (Wildman–Crippen MR) is 63.9 cm³/mol. The summed E-state index contributed by atoms with van der Waals surface area (Å²) in [5.41, 5.74) is 0.850. The zero-order valence-corrected chi connectivity index (χ0v) is 10.0. The minimum atomic E-state index is -0.248. The molecule has 1 amide bonds. The van der Waals surface area contributed by atoms with Gasteiger partial charge in [-0.05, 0) is 24.2 Å². The van der Waals surface area contributed by atoms with E-state index in [-0.39, 0.29) is 11.7 Å². The number of hydrogen-bond acceptors (Lipinski definition) is 2. The van der Waals surface area contributed by atoms with E-state index in [9.17, 15) is 9.18 Å². The zero-order valence-electron chi connectivity index (χ0n) is 10.0. The number of rotatable bonds is 3. The van der Waals surface area contributed by atoms with Gasteiger partial charge in [0.05, 0.1) is 6.54 Å². The standard InChI is InChI=1S/C13H17FN2O/c1-2-15-6-7-16(13(17)10-15)9-11-4-3-5-12(14)8-11/h3-5,8H,2,6-7,9-10H2,1H3. The first-order valence-electron chi connectivity index (χ1n) is 5.93. The fraction of sp³-hybridized carbons (Fsp3) is 0.462. The normalized spacial score (nSPS) is 17.5. The third-order valence-corrected chi connectivity index (χ3v) is 3.11. The second kappa shape index (κ2) is 5.27. The van der Waals surface area contributed by atoms with E-state index in [0.29, 0.717) is 13.1 Å². The Morgan fingerprint density at radius 3 is 2.82 bits per heavy atom. The molecule has 1 aromatic rings. The van der Waals surface area contributed by atoms with Gasteiger partial charge in [-0.25, -0.2) is 4.39 Å². The van der Waals surface area contributed by atoms with E-state index in [1.165, 1.54) is 12.1 Å². The molecule has 1 saturated heterocycles. The highest BCUT2D eigenvalue weighted by Gasteiger charge is 2.22. The number of amides is 1. The Bertz CT molecular complexity index is 408. The van der Waals surface area contributed by atoms with Crippen LogP contribution in [0.3, 0.4) is 0 Å². The number of carbonyl (C=O) groups excluding carboxylic acids is 1. The van der Waals surface area contributed by atoms with E-state index in [1.54, 1.807) is 11.0 Å². The van der Waals surface area contributed by atoms with Gasteiger partial charge in [-0.15, -0.1) is 0 Å². The van der Waals surface area contributed by atoms with Gasteiger partial charge in [-0.2, -0.15) is 0 Å². The molecule has 0 N–H and O–H groups in total. The summed E-state index contributed by atoms with van der Waals surface area (Å²) in [6, 6.07) is 6.43. The minimum Gasteiger partial charge on any atom is -0.336 e. The number of nitrogens with zero attached hydrogens (tertiary/aromatic N) is 2.